The number of hydrogen-bond acceptors (Lipinski definition) is 5. The molecule has 2 aromatic rings. The Morgan fingerprint density at radius 1 is 1.12 bits per heavy atom. The van der Waals surface area contributed by atoms with Gasteiger partial charge in [0.25, 0.3) is 5.91 Å². The number of hydrogen-bond donors (Lipinski definition) is 3. The van der Waals surface area contributed by atoms with Gasteiger partial charge in [0.1, 0.15) is 12.6 Å². The van der Waals surface area contributed by atoms with Gasteiger partial charge in [-0.1, -0.05) is 30.3 Å². The summed E-state index contributed by atoms with van der Waals surface area (Å²) in [6.07, 6.45) is 0. The minimum Gasteiger partial charge on any atom is -0.493 e. The van der Waals surface area contributed by atoms with Crippen LogP contribution in [0.1, 0.15) is 22.0 Å². The lowest BCUT2D eigenvalue weighted by atomic mass is 10.1. The fourth-order valence-electron chi connectivity index (χ4n) is 2.28. The van der Waals surface area contributed by atoms with Crippen LogP contribution < -0.4 is 26.3 Å². The fourth-order valence-corrected chi connectivity index (χ4v) is 2.28. The Hall–Kier alpha value is -3.06. The van der Waals surface area contributed by atoms with Crippen molar-refractivity contribution in [3.63, 3.8) is 0 Å². The molecule has 0 saturated heterocycles. The molecule has 0 bridgehead atoms. The highest BCUT2D eigenvalue weighted by molar-refractivity contribution is 5.98. The summed E-state index contributed by atoms with van der Waals surface area (Å²) in [6, 6.07) is 12.6. The molecule has 132 valence electrons. The summed E-state index contributed by atoms with van der Waals surface area (Å²) in [6.45, 7) is 0.618. The van der Waals surface area contributed by atoms with Crippen LogP contribution in [0.5, 0.6) is 11.5 Å². The van der Waals surface area contributed by atoms with Crippen molar-refractivity contribution in [3.8, 4) is 11.5 Å². The van der Waals surface area contributed by atoms with Crippen LogP contribution in [0.25, 0.3) is 0 Å². The molecule has 0 aliphatic rings. The molecule has 0 spiro atoms. The van der Waals surface area contributed by atoms with Crippen molar-refractivity contribution >= 4 is 11.8 Å². The third-order valence-corrected chi connectivity index (χ3v) is 3.49. The van der Waals surface area contributed by atoms with E-state index in [2.05, 4.69) is 5.32 Å². The van der Waals surface area contributed by atoms with Crippen molar-refractivity contribution in [2.75, 3.05) is 20.3 Å². The zero-order chi connectivity index (χ0) is 18.2. The average Bonchev–Trinajstić information content (AvgIpc) is 2.64. The molecule has 2 aromatic carbocycles. The van der Waals surface area contributed by atoms with Gasteiger partial charge in [-0.25, -0.2) is 0 Å². The second-order valence-electron chi connectivity index (χ2n) is 5.22. The van der Waals surface area contributed by atoms with Crippen molar-refractivity contribution in [1.82, 2.24) is 5.32 Å². The van der Waals surface area contributed by atoms with E-state index in [9.17, 15) is 9.59 Å². The van der Waals surface area contributed by atoms with Crippen LogP contribution in [-0.4, -0.2) is 32.1 Å². The van der Waals surface area contributed by atoms with Crippen LogP contribution >= 0.6 is 0 Å². The number of nitrogens with one attached hydrogen (secondary N) is 1. The van der Waals surface area contributed by atoms with Gasteiger partial charge in [-0.15, -0.1) is 0 Å². The van der Waals surface area contributed by atoms with E-state index in [0.29, 0.717) is 29.2 Å². The van der Waals surface area contributed by atoms with Crippen LogP contribution in [0.4, 0.5) is 0 Å². The molecule has 0 saturated carbocycles. The summed E-state index contributed by atoms with van der Waals surface area (Å²) in [5.41, 5.74) is 11.8. The van der Waals surface area contributed by atoms with Gasteiger partial charge in [-0.3, -0.25) is 9.59 Å². The number of carbonyl (C=O) groups excluding carboxylic acids is 2. The van der Waals surface area contributed by atoms with E-state index >= 15 is 0 Å². The van der Waals surface area contributed by atoms with Gasteiger partial charge in [-0.05, 0) is 23.8 Å². The van der Waals surface area contributed by atoms with Gasteiger partial charge in [0, 0.05) is 12.1 Å². The van der Waals surface area contributed by atoms with Crippen molar-refractivity contribution < 1.29 is 19.1 Å². The van der Waals surface area contributed by atoms with Crippen LogP contribution in [0.3, 0.4) is 0 Å². The Balaban J connectivity index is 2.22. The Bertz CT molecular complexity index is 734. The largest absolute Gasteiger partial charge is 0.493 e. The van der Waals surface area contributed by atoms with E-state index in [1.54, 1.807) is 36.4 Å². The SMILES string of the molecule is COc1ccc(C(=O)NC(C(N)=O)c2ccccc2)cc1OCCN. The first-order valence-corrected chi connectivity index (χ1v) is 7.73. The maximum absolute atomic E-state index is 12.5. The monoisotopic (exact) mass is 343 g/mol. The number of methoxy groups -OCH3 is 1. The Morgan fingerprint density at radius 3 is 2.44 bits per heavy atom. The second kappa shape index (κ2) is 8.70. The Labute approximate surface area is 145 Å². The summed E-state index contributed by atoms with van der Waals surface area (Å²) in [4.78, 5) is 24.2. The summed E-state index contributed by atoms with van der Waals surface area (Å²) < 4.78 is 10.7. The molecular formula is C18H21N3O4. The molecule has 0 radical (unpaired) electrons. The Kier molecular flexibility index (Phi) is 6.36. The summed E-state index contributed by atoms with van der Waals surface area (Å²) in [5, 5.41) is 2.64. The van der Waals surface area contributed by atoms with E-state index in [1.165, 1.54) is 13.2 Å². The second-order valence-corrected chi connectivity index (χ2v) is 5.22. The predicted molar refractivity (Wildman–Crippen MR) is 93.4 cm³/mol. The lowest BCUT2D eigenvalue weighted by Gasteiger charge is -2.17. The number of amides is 2. The predicted octanol–water partition coefficient (Wildman–Crippen LogP) is 0.989. The molecule has 2 rings (SSSR count). The van der Waals surface area contributed by atoms with Crippen molar-refractivity contribution in [1.29, 1.82) is 0 Å². The number of carbonyl (C=O) groups is 2. The Morgan fingerprint density at radius 2 is 1.84 bits per heavy atom. The van der Waals surface area contributed by atoms with E-state index in [-0.39, 0.29) is 6.61 Å². The highest BCUT2D eigenvalue weighted by atomic mass is 16.5. The van der Waals surface area contributed by atoms with Gasteiger partial charge >= 0.3 is 0 Å². The highest BCUT2D eigenvalue weighted by Gasteiger charge is 2.21. The number of nitrogens with two attached hydrogens (primary N) is 2. The molecule has 0 aliphatic heterocycles. The lowest BCUT2D eigenvalue weighted by molar-refractivity contribution is -0.120. The van der Waals surface area contributed by atoms with Crippen LogP contribution in [0, 0.1) is 0 Å². The molecule has 5 N–H and O–H groups in total. The minimum absolute atomic E-state index is 0.287. The quantitative estimate of drug-likeness (QED) is 0.661. The molecule has 0 aromatic heterocycles. The summed E-state index contributed by atoms with van der Waals surface area (Å²) in [7, 11) is 1.50. The van der Waals surface area contributed by atoms with Gasteiger partial charge in [0.15, 0.2) is 11.5 Å². The van der Waals surface area contributed by atoms with Crippen molar-refractivity contribution in [2.24, 2.45) is 11.5 Å². The smallest absolute Gasteiger partial charge is 0.252 e. The highest BCUT2D eigenvalue weighted by Crippen LogP contribution is 2.28. The number of ether oxygens (including phenoxy) is 2. The maximum atomic E-state index is 12.5. The maximum Gasteiger partial charge on any atom is 0.252 e. The topological polar surface area (TPSA) is 117 Å². The van der Waals surface area contributed by atoms with E-state index < -0.39 is 17.9 Å². The number of benzene rings is 2. The van der Waals surface area contributed by atoms with Gasteiger partial charge in [-0.2, -0.15) is 0 Å². The van der Waals surface area contributed by atoms with Crippen molar-refractivity contribution in [3.05, 3.63) is 59.7 Å². The normalized spacial score (nSPS) is 11.4. The molecule has 1 atom stereocenters. The third-order valence-electron chi connectivity index (χ3n) is 3.49. The van der Waals surface area contributed by atoms with Crippen molar-refractivity contribution in [2.45, 2.75) is 6.04 Å². The number of primary amides is 1. The third kappa shape index (κ3) is 4.71. The van der Waals surface area contributed by atoms with E-state index in [0.717, 1.165) is 0 Å². The summed E-state index contributed by atoms with van der Waals surface area (Å²) >= 11 is 0. The molecule has 1 unspecified atom stereocenters. The van der Waals surface area contributed by atoms with Gasteiger partial charge in [0.2, 0.25) is 5.91 Å². The van der Waals surface area contributed by atoms with Gasteiger partial charge < -0.3 is 26.3 Å². The summed E-state index contributed by atoms with van der Waals surface area (Å²) in [5.74, 6) is -0.212. The minimum atomic E-state index is -0.927. The van der Waals surface area contributed by atoms with Gasteiger partial charge in [0.05, 0.1) is 7.11 Å². The zero-order valence-corrected chi connectivity index (χ0v) is 13.9. The lowest BCUT2D eigenvalue weighted by Crippen LogP contribution is -2.37. The fraction of sp³-hybridized carbons (Fsp3) is 0.222. The molecular weight excluding hydrogens is 322 g/mol. The number of rotatable bonds is 8. The van der Waals surface area contributed by atoms with Crippen LogP contribution in [0.15, 0.2) is 48.5 Å². The first-order chi connectivity index (χ1) is 12.1. The zero-order valence-electron chi connectivity index (χ0n) is 13.9. The standard InChI is InChI=1S/C18H21N3O4/c1-24-14-8-7-13(11-15(14)25-10-9-19)18(23)21-16(17(20)22)12-5-3-2-4-6-12/h2-8,11,16H,9-10,19H2,1H3,(H2,20,22)(H,21,23). The molecule has 0 fully saturated rings. The molecule has 7 heteroatoms. The first-order valence-electron chi connectivity index (χ1n) is 7.73. The molecule has 2 amide bonds. The van der Waals surface area contributed by atoms with Crippen LogP contribution in [-0.2, 0) is 4.79 Å². The van der Waals surface area contributed by atoms with E-state index in [4.69, 9.17) is 20.9 Å². The molecule has 0 heterocycles. The molecule has 7 nitrogen and oxygen atoms in total. The van der Waals surface area contributed by atoms with Crippen LogP contribution in [0.2, 0.25) is 0 Å². The molecule has 0 aliphatic carbocycles. The molecule has 25 heavy (non-hydrogen) atoms. The van der Waals surface area contributed by atoms with E-state index in [1.807, 2.05) is 6.07 Å². The first kappa shape index (κ1) is 18.3. The average molecular weight is 343 g/mol.